The van der Waals surface area contributed by atoms with Crippen LogP contribution in [0.3, 0.4) is 0 Å². The van der Waals surface area contributed by atoms with Gasteiger partial charge < -0.3 is 9.73 Å². The number of hydrogen-bond donors (Lipinski definition) is 2. The number of sulfonamides is 1. The maximum atomic E-state index is 12.7. The summed E-state index contributed by atoms with van der Waals surface area (Å²) >= 11 is 0. The number of oxazole rings is 1. The number of rotatable bonds is 9. The molecule has 0 unspecified atom stereocenters. The Balaban J connectivity index is 1.40. The fraction of sp³-hybridized carbons (Fsp3) is 0.385. The molecule has 1 amide bonds. The number of amides is 1. The molecule has 1 aromatic heterocycles. The van der Waals surface area contributed by atoms with Gasteiger partial charge in [-0.05, 0) is 69.6 Å². The summed E-state index contributed by atoms with van der Waals surface area (Å²) < 4.78 is 32.5. The van der Waals surface area contributed by atoms with Crippen molar-refractivity contribution >= 4 is 21.6 Å². The van der Waals surface area contributed by atoms with Crippen molar-refractivity contribution in [3.8, 4) is 11.5 Å². The minimum absolute atomic E-state index is 0.0392. The fourth-order valence-corrected chi connectivity index (χ4v) is 4.77. The molecule has 2 aromatic carbocycles. The summed E-state index contributed by atoms with van der Waals surface area (Å²) in [6, 6.07) is 14.7. The van der Waals surface area contributed by atoms with Crippen molar-refractivity contribution < 1.29 is 17.6 Å². The van der Waals surface area contributed by atoms with Crippen molar-refractivity contribution in [1.82, 2.24) is 15.2 Å². The summed E-state index contributed by atoms with van der Waals surface area (Å²) in [6.07, 6.45) is 3.82. The Morgan fingerprint density at radius 2 is 1.77 bits per heavy atom. The molecular formula is C26H32N4O4S. The smallest absolute Gasteiger partial charge is 0.251 e. The van der Waals surface area contributed by atoms with Crippen molar-refractivity contribution in [2.24, 2.45) is 0 Å². The normalized spacial score (nSPS) is 14.6. The molecule has 1 fully saturated rings. The zero-order chi connectivity index (χ0) is 24.8. The molecule has 0 atom stereocenters. The van der Waals surface area contributed by atoms with Crippen LogP contribution in [0, 0.1) is 6.92 Å². The van der Waals surface area contributed by atoms with E-state index in [0.717, 1.165) is 19.6 Å². The third kappa shape index (κ3) is 6.49. The number of hydrogen-bond acceptors (Lipinski definition) is 6. The van der Waals surface area contributed by atoms with E-state index in [4.69, 9.17) is 4.42 Å². The number of carbonyl (C=O) groups is 1. The number of anilines is 1. The minimum Gasteiger partial charge on any atom is -0.441 e. The maximum absolute atomic E-state index is 12.7. The third-order valence-corrected chi connectivity index (χ3v) is 7.47. The first-order chi connectivity index (χ1) is 16.8. The van der Waals surface area contributed by atoms with Gasteiger partial charge in [-0.25, -0.2) is 13.4 Å². The zero-order valence-electron chi connectivity index (χ0n) is 20.2. The molecule has 2 N–H and O–H groups in total. The largest absolute Gasteiger partial charge is 0.441 e. The van der Waals surface area contributed by atoms with Crippen LogP contribution in [0.25, 0.3) is 11.5 Å². The molecule has 0 bridgehead atoms. The molecule has 2 heterocycles. The van der Waals surface area contributed by atoms with Gasteiger partial charge in [-0.3, -0.25) is 14.4 Å². The van der Waals surface area contributed by atoms with Crippen LogP contribution < -0.4 is 10.0 Å². The summed E-state index contributed by atoms with van der Waals surface area (Å²) in [4.78, 5) is 19.7. The predicted molar refractivity (Wildman–Crippen MR) is 136 cm³/mol. The molecule has 0 spiro atoms. The summed E-state index contributed by atoms with van der Waals surface area (Å²) in [6.45, 7) is 6.73. The lowest BCUT2D eigenvalue weighted by atomic mass is 10.1. The van der Waals surface area contributed by atoms with Gasteiger partial charge >= 0.3 is 0 Å². The Morgan fingerprint density at radius 1 is 1.06 bits per heavy atom. The van der Waals surface area contributed by atoms with E-state index >= 15 is 0 Å². The third-order valence-electron chi connectivity index (χ3n) is 6.18. The van der Waals surface area contributed by atoms with Crippen LogP contribution in [0.2, 0.25) is 0 Å². The molecule has 1 aliphatic rings. The fourth-order valence-electron chi connectivity index (χ4n) is 4.11. The van der Waals surface area contributed by atoms with Gasteiger partial charge in [0, 0.05) is 12.1 Å². The number of aromatic nitrogens is 1. The second-order valence-corrected chi connectivity index (χ2v) is 10.8. The summed E-state index contributed by atoms with van der Waals surface area (Å²) in [5, 5.41) is 2.90. The summed E-state index contributed by atoms with van der Waals surface area (Å²) in [5.41, 5.74) is 3.32. The number of nitrogens with zero attached hydrogens (tertiary/aromatic N) is 2. The van der Waals surface area contributed by atoms with Crippen LogP contribution in [0.15, 0.2) is 52.9 Å². The molecule has 8 nitrogen and oxygen atoms in total. The first-order valence-electron chi connectivity index (χ1n) is 12.0. The molecule has 1 aliphatic heterocycles. The Morgan fingerprint density at radius 3 is 2.49 bits per heavy atom. The minimum atomic E-state index is -3.45. The van der Waals surface area contributed by atoms with E-state index in [-0.39, 0.29) is 18.2 Å². The van der Waals surface area contributed by atoms with Crippen molar-refractivity contribution in [2.75, 3.05) is 23.6 Å². The second-order valence-electron chi connectivity index (χ2n) is 8.79. The van der Waals surface area contributed by atoms with Crippen LogP contribution in [0.5, 0.6) is 0 Å². The monoisotopic (exact) mass is 496 g/mol. The maximum Gasteiger partial charge on any atom is 0.251 e. The SMILES string of the molecule is CCS(=O)(=O)Nc1ccccc1-c1nc(CNC(=O)c2ccc(CN3CCCCC3)cc2)c(C)o1. The molecule has 3 aromatic rings. The molecule has 9 heteroatoms. The van der Waals surface area contributed by atoms with Crippen LogP contribution >= 0.6 is 0 Å². The molecule has 0 aliphatic carbocycles. The Bertz CT molecular complexity index is 1260. The van der Waals surface area contributed by atoms with Crippen molar-refractivity contribution in [2.45, 2.75) is 46.2 Å². The van der Waals surface area contributed by atoms with Gasteiger partial charge in [0.15, 0.2) is 0 Å². The lowest BCUT2D eigenvalue weighted by Crippen LogP contribution is -2.29. The topological polar surface area (TPSA) is 105 Å². The number of nitrogens with one attached hydrogen (secondary N) is 2. The first kappa shape index (κ1) is 24.9. The quantitative estimate of drug-likeness (QED) is 0.457. The van der Waals surface area contributed by atoms with E-state index < -0.39 is 10.0 Å². The van der Waals surface area contributed by atoms with Crippen LogP contribution in [0.1, 0.15) is 53.6 Å². The highest BCUT2D eigenvalue weighted by Gasteiger charge is 2.18. The van der Waals surface area contributed by atoms with Crippen molar-refractivity contribution in [1.29, 1.82) is 0 Å². The Hall–Kier alpha value is -3.17. The van der Waals surface area contributed by atoms with Gasteiger partial charge in [0.2, 0.25) is 15.9 Å². The van der Waals surface area contributed by atoms with Gasteiger partial charge in [0.25, 0.3) is 5.91 Å². The molecule has 4 rings (SSSR count). The van der Waals surface area contributed by atoms with Crippen molar-refractivity contribution in [3.05, 3.63) is 71.1 Å². The highest BCUT2D eigenvalue weighted by atomic mass is 32.2. The molecule has 186 valence electrons. The zero-order valence-corrected chi connectivity index (χ0v) is 21.0. The molecule has 0 radical (unpaired) electrons. The molecule has 1 saturated heterocycles. The van der Waals surface area contributed by atoms with Gasteiger partial charge in [-0.1, -0.05) is 30.7 Å². The first-order valence-corrected chi connectivity index (χ1v) is 13.7. The molecule has 0 saturated carbocycles. The van der Waals surface area contributed by atoms with E-state index in [9.17, 15) is 13.2 Å². The number of carbonyl (C=O) groups excluding carboxylic acids is 1. The van der Waals surface area contributed by atoms with Gasteiger partial charge in [-0.2, -0.15) is 0 Å². The lowest BCUT2D eigenvalue weighted by molar-refractivity contribution is 0.0950. The number of piperidine rings is 1. The van der Waals surface area contributed by atoms with Crippen LogP contribution in [-0.4, -0.2) is 43.1 Å². The standard InChI is InChI=1S/C26H32N4O4S/c1-3-35(32,33)29-23-10-6-5-9-22(23)26-28-24(19(2)34-26)17-27-25(31)21-13-11-20(12-14-21)18-30-15-7-4-8-16-30/h5-6,9-14,29H,3-4,7-8,15-18H2,1-2H3,(H,27,31). The molecular weight excluding hydrogens is 464 g/mol. The second kappa shape index (κ2) is 11.0. The van der Waals surface area contributed by atoms with Gasteiger partial charge in [-0.15, -0.1) is 0 Å². The van der Waals surface area contributed by atoms with Crippen molar-refractivity contribution in [3.63, 3.8) is 0 Å². The number of aryl methyl sites for hydroxylation is 1. The van der Waals surface area contributed by atoms with E-state index in [0.29, 0.717) is 34.2 Å². The van der Waals surface area contributed by atoms with E-state index in [1.807, 2.05) is 24.3 Å². The Labute approximate surface area is 206 Å². The number of likely N-dealkylation sites (tertiary alicyclic amines) is 1. The highest BCUT2D eigenvalue weighted by Crippen LogP contribution is 2.29. The molecule has 35 heavy (non-hydrogen) atoms. The highest BCUT2D eigenvalue weighted by molar-refractivity contribution is 7.92. The van der Waals surface area contributed by atoms with E-state index in [1.54, 1.807) is 38.1 Å². The average molecular weight is 497 g/mol. The number of benzene rings is 2. The van der Waals surface area contributed by atoms with E-state index in [1.165, 1.54) is 24.8 Å². The van der Waals surface area contributed by atoms with Crippen LogP contribution in [0.4, 0.5) is 5.69 Å². The van der Waals surface area contributed by atoms with Crippen LogP contribution in [-0.2, 0) is 23.1 Å². The summed E-state index contributed by atoms with van der Waals surface area (Å²) in [5.74, 6) is 0.630. The van der Waals surface area contributed by atoms with E-state index in [2.05, 4.69) is 19.9 Å². The number of para-hydroxylation sites is 1. The lowest BCUT2D eigenvalue weighted by Gasteiger charge is -2.26. The average Bonchev–Trinajstić information content (AvgIpc) is 3.24. The Kier molecular flexibility index (Phi) is 7.87. The van der Waals surface area contributed by atoms with Gasteiger partial charge in [0.1, 0.15) is 11.5 Å². The predicted octanol–water partition coefficient (Wildman–Crippen LogP) is 4.33. The van der Waals surface area contributed by atoms with Gasteiger partial charge in [0.05, 0.1) is 23.5 Å². The summed E-state index contributed by atoms with van der Waals surface area (Å²) in [7, 11) is -3.45.